The fraction of sp³-hybridized carbons (Fsp3) is 0.333. The number of thiophene rings is 1. The van der Waals surface area contributed by atoms with E-state index < -0.39 is 6.10 Å². The first kappa shape index (κ1) is 17.6. The number of amides is 2. The van der Waals surface area contributed by atoms with E-state index in [-0.39, 0.29) is 11.8 Å². The van der Waals surface area contributed by atoms with Gasteiger partial charge < -0.3 is 21.1 Å². The second kappa shape index (κ2) is 7.77. The van der Waals surface area contributed by atoms with Crippen molar-refractivity contribution in [3.8, 4) is 0 Å². The molecule has 0 saturated carbocycles. The zero-order chi connectivity index (χ0) is 17.8. The summed E-state index contributed by atoms with van der Waals surface area (Å²) >= 11 is 1.38. The van der Waals surface area contributed by atoms with Crippen LogP contribution < -0.4 is 16.4 Å². The van der Waals surface area contributed by atoms with Gasteiger partial charge in [0.05, 0.1) is 5.56 Å². The molecule has 1 aliphatic rings. The zero-order valence-corrected chi connectivity index (χ0v) is 14.8. The molecule has 2 heterocycles. The van der Waals surface area contributed by atoms with Crippen molar-refractivity contribution in [2.45, 2.75) is 32.4 Å². The Hall–Kier alpha value is -2.22. The Morgan fingerprint density at radius 3 is 2.88 bits per heavy atom. The molecule has 25 heavy (non-hydrogen) atoms. The zero-order valence-electron chi connectivity index (χ0n) is 14.0. The van der Waals surface area contributed by atoms with Gasteiger partial charge in [-0.25, -0.2) is 0 Å². The Kier molecular flexibility index (Phi) is 5.47. The maximum atomic E-state index is 12.6. The lowest BCUT2D eigenvalue weighted by Crippen LogP contribution is -2.27. The molecule has 0 unspecified atom stereocenters. The van der Waals surface area contributed by atoms with Crippen LogP contribution in [0.5, 0.6) is 0 Å². The molecule has 1 saturated heterocycles. The summed E-state index contributed by atoms with van der Waals surface area (Å²) in [6.45, 7) is 2.91. The predicted octanol–water partition coefficient (Wildman–Crippen LogP) is 2.89. The number of rotatable bonds is 5. The minimum absolute atomic E-state index is 0.196. The topological polar surface area (TPSA) is 93.5 Å². The summed E-state index contributed by atoms with van der Waals surface area (Å²) < 4.78 is 5.40. The van der Waals surface area contributed by atoms with Crippen LogP contribution in [0.25, 0.3) is 0 Å². The number of nitrogens with two attached hydrogens (primary N) is 1. The van der Waals surface area contributed by atoms with Gasteiger partial charge in [0.25, 0.3) is 11.8 Å². The monoisotopic (exact) mass is 359 g/mol. The number of nitrogens with one attached hydrogen (secondary N) is 2. The Balaban J connectivity index is 1.74. The van der Waals surface area contributed by atoms with Crippen molar-refractivity contribution < 1.29 is 14.3 Å². The first-order chi connectivity index (χ1) is 12.1. The van der Waals surface area contributed by atoms with Gasteiger partial charge in [0.2, 0.25) is 0 Å². The van der Waals surface area contributed by atoms with Gasteiger partial charge in [0, 0.05) is 23.7 Å². The standard InChI is InChI=1S/C18H21N3O3S/c1-11-8-14(16(22)20-13-5-2-4-12(9-13)10-19)18(25-11)21-17(23)15-6-3-7-24-15/h2,4-5,8-9,15H,3,6-7,10,19H2,1H3,(H,20,22)(H,21,23)/t15-/m1/s1. The number of hydrogen-bond acceptors (Lipinski definition) is 5. The quantitative estimate of drug-likeness (QED) is 0.765. The van der Waals surface area contributed by atoms with Gasteiger partial charge in [-0.05, 0) is 43.5 Å². The van der Waals surface area contributed by atoms with Crippen molar-refractivity contribution in [3.05, 3.63) is 46.3 Å². The van der Waals surface area contributed by atoms with Crippen molar-refractivity contribution >= 4 is 33.8 Å². The van der Waals surface area contributed by atoms with Crippen LogP contribution in [0.2, 0.25) is 0 Å². The number of anilines is 2. The van der Waals surface area contributed by atoms with E-state index in [1.165, 1.54) is 11.3 Å². The van der Waals surface area contributed by atoms with E-state index in [2.05, 4.69) is 10.6 Å². The minimum Gasteiger partial charge on any atom is -0.368 e. The highest BCUT2D eigenvalue weighted by atomic mass is 32.1. The SMILES string of the molecule is Cc1cc(C(=O)Nc2cccc(CN)c2)c(NC(=O)[C@H]2CCCO2)s1. The smallest absolute Gasteiger partial charge is 0.258 e. The van der Waals surface area contributed by atoms with Crippen LogP contribution in [0.3, 0.4) is 0 Å². The van der Waals surface area contributed by atoms with Crippen molar-refractivity contribution in [3.63, 3.8) is 0 Å². The number of carbonyl (C=O) groups excluding carboxylic acids is 2. The fourth-order valence-electron chi connectivity index (χ4n) is 2.73. The van der Waals surface area contributed by atoms with Gasteiger partial charge in [0.1, 0.15) is 11.1 Å². The first-order valence-electron chi connectivity index (χ1n) is 8.20. The van der Waals surface area contributed by atoms with E-state index in [9.17, 15) is 9.59 Å². The van der Waals surface area contributed by atoms with Crippen molar-refractivity contribution in [2.24, 2.45) is 5.73 Å². The molecule has 0 aliphatic carbocycles. The summed E-state index contributed by atoms with van der Waals surface area (Å²) in [5.41, 5.74) is 7.69. The fourth-order valence-corrected chi connectivity index (χ4v) is 3.64. The van der Waals surface area contributed by atoms with E-state index in [0.29, 0.717) is 35.8 Å². The normalized spacial score (nSPS) is 16.6. The van der Waals surface area contributed by atoms with E-state index >= 15 is 0 Å². The maximum absolute atomic E-state index is 12.6. The minimum atomic E-state index is -0.431. The first-order valence-corrected chi connectivity index (χ1v) is 9.01. The average molecular weight is 359 g/mol. The highest BCUT2D eigenvalue weighted by Gasteiger charge is 2.25. The van der Waals surface area contributed by atoms with E-state index in [4.69, 9.17) is 10.5 Å². The highest BCUT2D eigenvalue weighted by Crippen LogP contribution is 2.29. The molecule has 2 aromatic rings. The summed E-state index contributed by atoms with van der Waals surface area (Å²) in [6.07, 6.45) is 1.16. The Morgan fingerprint density at radius 2 is 2.16 bits per heavy atom. The second-order valence-electron chi connectivity index (χ2n) is 5.95. The van der Waals surface area contributed by atoms with Gasteiger partial charge in [-0.3, -0.25) is 9.59 Å². The Labute approximate surface area is 150 Å². The number of benzene rings is 1. The van der Waals surface area contributed by atoms with Crippen LogP contribution in [-0.2, 0) is 16.1 Å². The van der Waals surface area contributed by atoms with Crippen LogP contribution in [0.15, 0.2) is 30.3 Å². The summed E-state index contributed by atoms with van der Waals surface area (Å²) in [5, 5.41) is 6.24. The van der Waals surface area contributed by atoms with Crippen molar-refractivity contribution in [2.75, 3.05) is 17.2 Å². The highest BCUT2D eigenvalue weighted by molar-refractivity contribution is 7.16. The Bertz CT molecular complexity index is 782. The van der Waals surface area contributed by atoms with Gasteiger partial charge >= 0.3 is 0 Å². The molecule has 1 aromatic heterocycles. The molecule has 3 rings (SSSR count). The van der Waals surface area contributed by atoms with E-state index in [1.807, 2.05) is 25.1 Å². The van der Waals surface area contributed by atoms with Crippen LogP contribution in [0.4, 0.5) is 10.7 Å². The molecule has 4 N–H and O–H groups in total. The average Bonchev–Trinajstić information content (AvgIpc) is 3.25. The lowest BCUT2D eigenvalue weighted by Gasteiger charge is -2.11. The molecule has 0 bridgehead atoms. The lowest BCUT2D eigenvalue weighted by atomic mass is 10.2. The van der Waals surface area contributed by atoms with E-state index in [1.54, 1.807) is 12.1 Å². The molecule has 1 atom stereocenters. The third-order valence-corrected chi connectivity index (χ3v) is 4.95. The van der Waals surface area contributed by atoms with Gasteiger partial charge in [-0.15, -0.1) is 11.3 Å². The molecule has 0 radical (unpaired) electrons. The number of ether oxygens (including phenoxy) is 1. The summed E-state index contributed by atoms with van der Waals surface area (Å²) in [5.74, 6) is -0.459. The van der Waals surface area contributed by atoms with Crippen molar-refractivity contribution in [1.29, 1.82) is 0 Å². The van der Waals surface area contributed by atoms with Crippen LogP contribution in [0, 0.1) is 6.92 Å². The van der Waals surface area contributed by atoms with Gasteiger partial charge in [-0.1, -0.05) is 12.1 Å². The molecule has 0 spiro atoms. The predicted molar refractivity (Wildman–Crippen MR) is 98.9 cm³/mol. The third kappa shape index (κ3) is 4.25. The van der Waals surface area contributed by atoms with Crippen LogP contribution in [-0.4, -0.2) is 24.5 Å². The third-order valence-electron chi connectivity index (χ3n) is 3.98. The van der Waals surface area contributed by atoms with Crippen LogP contribution >= 0.6 is 11.3 Å². The summed E-state index contributed by atoms with van der Waals surface area (Å²) in [7, 11) is 0. The molecule has 1 aliphatic heterocycles. The van der Waals surface area contributed by atoms with Gasteiger partial charge in [0.15, 0.2) is 0 Å². The molecule has 7 heteroatoms. The Morgan fingerprint density at radius 1 is 1.32 bits per heavy atom. The molecule has 6 nitrogen and oxygen atoms in total. The summed E-state index contributed by atoms with van der Waals surface area (Å²) in [6, 6.07) is 9.16. The molecule has 1 aromatic carbocycles. The molecular weight excluding hydrogens is 338 g/mol. The summed E-state index contributed by atoms with van der Waals surface area (Å²) in [4.78, 5) is 25.8. The second-order valence-corrected chi connectivity index (χ2v) is 7.21. The maximum Gasteiger partial charge on any atom is 0.258 e. The number of hydrogen-bond donors (Lipinski definition) is 3. The van der Waals surface area contributed by atoms with E-state index in [0.717, 1.165) is 16.9 Å². The molecule has 1 fully saturated rings. The van der Waals surface area contributed by atoms with Crippen molar-refractivity contribution in [1.82, 2.24) is 0 Å². The van der Waals surface area contributed by atoms with Gasteiger partial charge in [-0.2, -0.15) is 0 Å². The number of aryl methyl sites for hydroxylation is 1. The molecular formula is C18H21N3O3S. The molecule has 132 valence electrons. The lowest BCUT2D eigenvalue weighted by molar-refractivity contribution is -0.124. The number of carbonyl (C=O) groups is 2. The van der Waals surface area contributed by atoms with Crippen LogP contribution in [0.1, 0.15) is 33.6 Å². The molecule has 2 amide bonds. The largest absolute Gasteiger partial charge is 0.368 e.